The third-order valence-corrected chi connectivity index (χ3v) is 4.32. The number of carbonyl (C=O) groups excluding carboxylic acids is 2. The van der Waals surface area contributed by atoms with Crippen LogP contribution in [-0.4, -0.2) is 58.4 Å². The van der Waals surface area contributed by atoms with E-state index in [0.717, 1.165) is 5.56 Å². The highest BCUT2D eigenvalue weighted by atomic mass is 35.5. The second kappa shape index (κ2) is 8.24. The summed E-state index contributed by atoms with van der Waals surface area (Å²) in [6.07, 6.45) is 2.24. The number of morpholine rings is 1. The summed E-state index contributed by atoms with van der Waals surface area (Å²) in [5.74, 6) is -0.468. The Kier molecular flexibility index (Phi) is 5.78. The normalized spacial score (nSPS) is 16.7. The van der Waals surface area contributed by atoms with Gasteiger partial charge in [-0.15, -0.1) is 0 Å². The lowest BCUT2D eigenvalue weighted by molar-refractivity contribution is -0.133. The SMILES string of the molecule is C=CC(=O)N1CCOC(c2cc(Cl)nc(-c3cc(C(=O)NC)ncn3)c2)C1. The topological polar surface area (TPSA) is 97.3 Å². The average molecular weight is 388 g/mol. The number of halogens is 1. The molecule has 0 bridgehead atoms. The molecule has 3 heterocycles. The fourth-order valence-corrected chi connectivity index (χ4v) is 2.98. The molecule has 1 aliphatic rings. The highest BCUT2D eigenvalue weighted by Gasteiger charge is 2.25. The van der Waals surface area contributed by atoms with Gasteiger partial charge in [-0.3, -0.25) is 9.59 Å². The fraction of sp³-hybridized carbons (Fsp3) is 0.278. The van der Waals surface area contributed by atoms with Gasteiger partial charge in [0.25, 0.3) is 5.91 Å². The maximum atomic E-state index is 11.9. The molecule has 140 valence electrons. The van der Waals surface area contributed by atoms with Crippen LogP contribution in [0.3, 0.4) is 0 Å². The molecule has 1 aliphatic heterocycles. The molecule has 27 heavy (non-hydrogen) atoms. The van der Waals surface area contributed by atoms with E-state index in [-0.39, 0.29) is 28.8 Å². The maximum absolute atomic E-state index is 11.9. The van der Waals surface area contributed by atoms with Crippen molar-refractivity contribution in [1.82, 2.24) is 25.2 Å². The van der Waals surface area contributed by atoms with Crippen LogP contribution in [0.5, 0.6) is 0 Å². The lowest BCUT2D eigenvalue weighted by Crippen LogP contribution is -2.41. The standard InChI is InChI=1S/C18H18ClN5O3/c1-3-17(25)24-4-5-27-15(9-24)11-6-13(23-16(19)7-11)12-8-14(18(26)20-2)22-10-21-12/h3,6-8,10,15H,1,4-5,9H2,2H3,(H,20,26). The van der Waals surface area contributed by atoms with Gasteiger partial charge in [-0.25, -0.2) is 15.0 Å². The van der Waals surface area contributed by atoms with Crippen molar-refractivity contribution >= 4 is 23.4 Å². The van der Waals surface area contributed by atoms with E-state index in [9.17, 15) is 9.59 Å². The van der Waals surface area contributed by atoms with Gasteiger partial charge in [-0.05, 0) is 29.8 Å². The molecule has 2 aromatic rings. The first kappa shape index (κ1) is 18.9. The van der Waals surface area contributed by atoms with E-state index in [1.54, 1.807) is 17.0 Å². The third-order valence-electron chi connectivity index (χ3n) is 4.13. The number of pyridine rings is 1. The second-order valence-corrected chi connectivity index (χ2v) is 6.21. The average Bonchev–Trinajstić information content (AvgIpc) is 2.72. The predicted octanol–water partition coefficient (Wildman–Crippen LogP) is 1.64. The number of ether oxygens (including phenoxy) is 1. The molecule has 2 amide bonds. The van der Waals surface area contributed by atoms with E-state index in [4.69, 9.17) is 16.3 Å². The van der Waals surface area contributed by atoms with E-state index in [1.165, 1.54) is 25.5 Å². The molecular weight excluding hydrogens is 370 g/mol. The summed E-state index contributed by atoms with van der Waals surface area (Å²) >= 11 is 6.19. The van der Waals surface area contributed by atoms with Gasteiger partial charge in [0.05, 0.1) is 24.5 Å². The van der Waals surface area contributed by atoms with Gasteiger partial charge in [0.1, 0.15) is 23.3 Å². The van der Waals surface area contributed by atoms with Gasteiger partial charge in [-0.2, -0.15) is 0 Å². The van der Waals surface area contributed by atoms with Crippen molar-refractivity contribution in [2.75, 3.05) is 26.7 Å². The molecule has 1 fully saturated rings. The first-order valence-electron chi connectivity index (χ1n) is 8.26. The smallest absolute Gasteiger partial charge is 0.269 e. The molecule has 2 aromatic heterocycles. The minimum atomic E-state index is -0.345. The van der Waals surface area contributed by atoms with E-state index in [2.05, 4.69) is 26.8 Å². The quantitative estimate of drug-likeness (QED) is 0.632. The highest BCUT2D eigenvalue weighted by molar-refractivity contribution is 6.29. The molecule has 9 heteroatoms. The number of hydrogen-bond acceptors (Lipinski definition) is 6. The Hall–Kier alpha value is -2.84. The van der Waals surface area contributed by atoms with Crippen molar-refractivity contribution in [3.63, 3.8) is 0 Å². The minimum Gasteiger partial charge on any atom is -0.370 e. The molecule has 0 aliphatic carbocycles. The van der Waals surface area contributed by atoms with Gasteiger partial charge in [-0.1, -0.05) is 18.2 Å². The Labute approximate surface area is 161 Å². The Morgan fingerprint density at radius 2 is 2.15 bits per heavy atom. The number of nitrogens with zero attached hydrogens (tertiary/aromatic N) is 4. The Bertz CT molecular complexity index is 889. The molecule has 0 radical (unpaired) electrons. The number of carbonyl (C=O) groups is 2. The monoisotopic (exact) mass is 387 g/mol. The molecule has 3 rings (SSSR count). The predicted molar refractivity (Wildman–Crippen MR) is 99.1 cm³/mol. The zero-order valence-corrected chi connectivity index (χ0v) is 15.4. The van der Waals surface area contributed by atoms with E-state index >= 15 is 0 Å². The molecule has 8 nitrogen and oxygen atoms in total. The van der Waals surface area contributed by atoms with Gasteiger partial charge < -0.3 is 15.0 Å². The fourth-order valence-electron chi connectivity index (χ4n) is 2.76. The summed E-state index contributed by atoms with van der Waals surface area (Å²) in [6.45, 7) is 4.83. The number of aromatic nitrogens is 3. The Balaban J connectivity index is 1.92. The molecule has 1 atom stereocenters. The van der Waals surface area contributed by atoms with Gasteiger partial charge in [0.15, 0.2) is 0 Å². The van der Waals surface area contributed by atoms with Gasteiger partial charge in [0.2, 0.25) is 5.91 Å². The summed E-state index contributed by atoms with van der Waals surface area (Å²) < 4.78 is 5.80. The van der Waals surface area contributed by atoms with Crippen LogP contribution in [0, 0.1) is 0 Å². The summed E-state index contributed by atoms with van der Waals surface area (Å²) in [7, 11) is 1.52. The molecule has 1 N–H and O–H groups in total. The van der Waals surface area contributed by atoms with Crippen LogP contribution < -0.4 is 5.32 Å². The molecular formula is C18H18ClN5O3. The first-order valence-corrected chi connectivity index (χ1v) is 8.64. The van der Waals surface area contributed by atoms with Crippen LogP contribution in [-0.2, 0) is 9.53 Å². The largest absolute Gasteiger partial charge is 0.370 e. The van der Waals surface area contributed by atoms with Crippen LogP contribution in [0.2, 0.25) is 5.15 Å². The number of rotatable bonds is 4. The first-order chi connectivity index (χ1) is 13.0. The molecule has 1 unspecified atom stereocenters. The number of amides is 2. The van der Waals surface area contributed by atoms with E-state index in [1.807, 2.05) is 0 Å². The van der Waals surface area contributed by atoms with Crippen molar-refractivity contribution in [2.45, 2.75) is 6.10 Å². The van der Waals surface area contributed by atoms with Crippen molar-refractivity contribution in [1.29, 1.82) is 0 Å². The minimum absolute atomic E-state index is 0.144. The summed E-state index contributed by atoms with van der Waals surface area (Å²) in [6, 6.07) is 5.02. The van der Waals surface area contributed by atoms with Crippen molar-refractivity contribution in [2.24, 2.45) is 0 Å². The second-order valence-electron chi connectivity index (χ2n) is 5.82. The molecule has 0 aromatic carbocycles. The number of nitrogens with one attached hydrogen (secondary N) is 1. The van der Waals surface area contributed by atoms with Gasteiger partial charge in [0, 0.05) is 13.6 Å². The van der Waals surface area contributed by atoms with E-state index in [0.29, 0.717) is 31.1 Å². The lowest BCUT2D eigenvalue weighted by Gasteiger charge is -2.32. The van der Waals surface area contributed by atoms with Crippen molar-refractivity contribution in [3.05, 3.63) is 53.6 Å². The summed E-state index contributed by atoms with van der Waals surface area (Å²) in [5, 5.41) is 2.78. The third kappa shape index (κ3) is 4.29. The van der Waals surface area contributed by atoms with Crippen LogP contribution in [0.15, 0.2) is 37.2 Å². The molecule has 1 saturated heterocycles. The van der Waals surface area contributed by atoms with Crippen molar-refractivity contribution < 1.29 is 14.3 Å². The van der Waals surface area contributed by atoms with Crippen LogP contribution in [0.4, 0.5) is 0 Å². The summed E-state index contributed by atoms with van der Waals surface area (Å²) in [5.41, 5.74) is 1.94. The summed E-state index contributed by atoms with van der Waals surface area (Å²) in [4.78, 5) is 37.8. The highest BCUT2D eigenvalue weighted by Crippen LogP contribution is 2.28. The van der Waals surface area contributed by atoms with Crippen LogP contribution >= 0.6 is 11.6 Å². The maximum Gasteiger partial charge on any atom is 0.269 e. The van der Waals surface area contributed by atoms with Gasteiger partial charge >= 0.3 is 0 Å². The van der Waals surface area contributed by atoms with Crippen LogP contribution in [0.1, 0.15) is 22.2 Å². The molecule has 0 spiro atoms. The van der Waals surface area contributed by atoms with Crippen molar-refractivity contribution in [3.8, 4) is 11.4 Å². The lowest BCUT2D eigenvalue weighted by atomic mass is 10.1. The zero-order chi connectivity index (χ0) is 19.4. The van der Waals surface area contributed by atoms with E-state index < -0.39 is 0 Å². The Morgan fingerprint density at radius 1 is 1.33 bits per heavy atom. The molecule has 0 saturated carbocycles. The number of hydrogen-bond donors (Lipinski definition) is 1. The zero-order valence-electron chi connectivity index (χ0n) is 14.7. The van der Waals surface area contributed by atoms with Crippen LogP contribution in [0.25, 0.3) is 11.4 Å². The Morgan fingerprint density at radius 3 is 2.89 bits per heavy atom.